The van der Waals surface area contributed by atoms with E-state index in [-0.39, 0.29) is 53.5 Å². The van der Waals surface area contributed by atoms with Crippen LogP contribution >= 0.6 is 0 Å². The van der Waals surface area contributed by atoms with Gasteiger partial charge in [-0.3, -0.25) is 0 Å². The predicted octanol–water partition coefficient (Wildman–Crippen LogP) is -8.96. The van der Waals surface area contributed by atoms with Gasteiger partial charge in [0.25, 0.3) is 0 Å². The SMILES string of the molecule is [O]=[Nb](=[O])[O-].[O]=[Nb](=[O])[O-].[O]=[Nb](=[O])[O-].[O]=[Nb](=[O])[O-].[O]=[Nb](=[O])[O-].[O]=[Nb](=[O])[O-].[Pb+2].[Zr+4]. The van der Waals surface area contributed by atoms with Crippen LogP contribution in [-0.2, 0) is 178 Å². The monoisotopic (exact) mass is 1140 g/mol. The van der Waals surface area contributed by atoms with Crippen molar-refractivity contribution in [2.24, 2.45) is 0 Å². The molecule has 2 radical (unpaired) electrons. The quantitative estimate of drug-likeness (QED) is 0.203. The third-order valence-corrected chi connectivity index (χ3v) is 0. The average molecular weight is 1140 g/mol. The summed E-state index contributed by atoms with van der Waals surface area (Å²) in [6.45, 7) is 0. The zero-order valence-corrected chi connectivity index (χ0v) is 30.6. The van der Waals surface area contributed by atoms with Gasteiger partial charge in [0.15, 0.2) is 0 Å². The van der Waals surface area contributed by atoms with Crippen molar-refractivity contribution in [3.63, 3.8) is 0 Å². The maximum atomic E-state index is 8.60. The fraction of sp³-hybridized carbons (Fsp3) is 0. The smallest absolute Gasteiger partial charge is 2.00 e. The van der Waals surface area contributed by atoms with E-state index >= 15 is 0 Å². The first-order chi connectivity index (χ1) is 10.4. The van der Waals surface area contributed by atoms with Gasteiger partial charge in [0, 0.05) is 0 Å². The van der Waals surface area contributed by atoms with Gasteiger partial charge in [0.1, 0.15) is 0 Å². The Labute approximate surface area is 222 Å². The number of hydrogen-bond acceptors (Lipinski definition) is 18. The van der Waals surface area contributed by atoms with E-state index in [1.165, 1.54) is 0 Å². The molecule has 26 heavy (non-hydrogen) atoms. The molecule has 0 amide bonds. The minimum absolute atomic E-state index is 0. The van der Waals surface area contributed by atoms with Crippen molar-refractivity contribution in [2.75, 3.05) is 0 Å². The Hall–Kier alpha value is 3.61. The summed E-state index contributed by atoms with van der Waals surface area (Å²) in [5, 5.41) is 0. The van der Waals surface area contributed by atoms with Gasteiger partial charge in [-0.25, -0.2) is 0 Å². The molecule has 26 heteroatoms. The zero-order valence-electron chi connectivity index (χ0n) is 11.0. The molecule has 0 heterocycles. The summed E-state index contributed by atoms with van der Waals surface area (Å²) in [6.07, 6.45) is 0. The Bertz CT molecular complexity index is 477. The van der Waals surface area contributed by atoms with E-state index in [4.69, 9.17) is 60.7 Å². The van der Waals surface area contributed by atoms with Crippen LogP contribution in [0.4, 0.5) is 0 Å². The molecule has 0 N–H and O–H groups in total. The molecule has 0 saturated carbocycles. The normalized spacial score (nSPS) is 5.77. The first-order valence-corrected chi connectivity index (χ1v) is 19.4. The molecular weight excluding hydrogens is 1140 g/mol. The Morgan fingerprint density at radius 2 is 0.308 bits per heavy atom. The average Bonchev–Trinajstić information content (AvgIpc) is 2.08. The molecule has 0 rings (SSSR count). The standard InChI is InChI=1S/6Nb.18O.Pb.Zr/q;;;;;;;;;;;;;;;;;;6*-1;+2;+4. The molecule has 18 nitrogen and oxygen atoms in total. The zero-order chi connectivity index (χ0) is 21.5. The van der Waals surface area contributed by atoms with Crippen molar-refractivity contribution < 1.29 is 200 Å². The summed E-state index contributed by atoms with van der Waals surface area (Å²) in [4.78, 5) is 0. The molecule has 0 aliphatic carbocycles. The summed E-state index contributed by atoms with van der Waals surface area (Å²) < 4.78 is 155. The van der Waals surface area contributed by atoms with Gasteiger partial charge in [-0.15, -0.1) is 0 Å². The fourth-order valence-corrected chi connectivity index (χ4v) is 0. The van der Waals surface area contributed by atoms with E-state index in [0.29, 0.717) is 0 Å². The number of hydrogen-bond donors (Lipinski definition) is 0. The second kappa shape index (κ2) is 46.7. The minimum Gasteiger partial charge on any atom is 2.00 e. The van der Waals surface area contributed by atoms with Crippen LogP contribution in [0.15, 0.2) is 0 Å². The third kappa shape index (κ3) is 1500. The maximum absolute atomic E-state index is 8.60. The minimum atomic E-state index is -4.20. The molecule has 0 aliphatic rings. The summed E-state index contributed by atoms with van der Waals surface area (Å²) in [5.41, 5.74) is 0. The molecule has 0 bridgehead atoms. The van der Waals surface area contributed by atoms with E-state index < -0.39 is 113 Å². The topological polar surface area (TPSA) is 343 Å². The van der Waals surface area contributed by atoms with Gasteiger partial charge in [-0.1, -0.05) is 0 Å². The fourth-order valence-electron chi connectivity index (χ4n) is 0. The Balaban J connectivity index is -0.0000000245. The number of rotatable bonds is 0. The Morgan fingerprint density at radius 1 is 0.308 bits per heavy atom. The summed E-state index contributed by atoms with van der Waals surface area (Å²) in [6, 6.07) is 0. The van der Waals surface area contributed by atoms with E-state index in [2.05, 4.69) is 0 Å². The summed E-state index contributed by atoms with van der Waals surface area (Å²) in [5.74, 6) is 0. The third-order valence-electron chi connectivity index (χ3n) is 0. The molecule has 146 valence electrons. The van der Waals surface area contributed by atoms with Gasteiger partial charge < -0.3 is 0 Å². The van der Waals surface area contributed by atoms with Crippen molar-refractivity contribution in [1.29, 1.82) is 0 Å². The molecule has 0 fully saturated rings. The van der Waals surface area contributed by atoms with Crippen molar-refractivity contribution in [2.45, 2.75) is 0 Å². The van der Waals surface area contributed by atoms with Crippen molar-refractivity contribution >= 4 is 27.3 Å². The van der Waals surface area contributed by atoms with Gasteiger partial charge in [-0.2, -0.15) is 0 Å². The summed E-state index contributed by atoms with van der Waals surface area (Å²) >= 11 is -25.2. The van der Waals surface area contributed by atoms with E-state index in [0.717, 1.165) is 0 Å². The van der Waals surface area contributed by atoms with Crippen molar-refractivity contribution in [1.82, 2.24) is 0 Å². The summed E-state index contributed by atoms with van der Waals surface area (Å²) in [7, 11) is 0. The molecular formula is Nb6O18PbZr. The molecule has 0 spiro atoms. The second-order valence-corrected chi connectivity index (χ2v) is 7.94. The van der Waals surface area contributed by atoms with Crippen LogP contribution in [0.1, 0.15) is 0 Å². The maximum Gasteiger partial charge on any atom is 4.00 e. The first kappa shape index (κ1) is 51.9. The Morgan fingerprint density at radius 3 is 0.308 bits per heavy atom. The van der Waals surface area contributed by atoms with E-state index in [1.807, 2.05) is 0 Å². The van der Waals surface area contributed by atoms with Crippen LogP contribution in [0.2, 0.25) is 0 Å². The van der Waals surface area contributed by atoms with Crippen LogP contribution in [0, 0.1) is 0 Å². The molecule has 0 aromatic carbocycles. The predicted molar refractivity (Wildman–Crippen MR) is 14.0 cm³/mol. The van der Waals surface area contributed by atoms with Crippen LogP contribution in [0.5, 0.6) is 0 Å². The molecule has 0 atom stereocenters. The van der Waals surface area contributed by atoms with Crippen molar-refractivity contribution in [3.8, 4) is 0 Å². The van der Waals surface area contributed by atoms with Crippen LogP contribution in [-0.4, -0.2) is 27.3 Å². The molecule has 0 saturated heterocycles. The first-order valence-electron chi connectivity index (χ1n) is 3.29. The Kier molecular flexibility index (Phi) is 93.2. The van der Waals surface area contributed by atoms with Gasteiger partial charge in [0.05, 0.1) is 0 Å². The molecule has 0 aliphatic heterocycles. The van der Waals surface area contributed by atoms with Crippen LogP contribution < -0.4 is 21.7 Å². The van der Waals surface area contributed by atoms with Gasteiger partial charge >= 0.3 is 227 Å². The van der Waals surface area contributed by atoms with E-state index in [1.54, 1.807) is 0 Å². The van der Waals surface area contributed by atoms with Gasteiger partial charge in [0.2, 0.25) is 0 Å². The second-order valence-electron chi connectivity index (χ2n) is 1.34. The van der Waals surface area contributed by atoms with Crippen LogP contribution in [0.3, 0.4) is 0 Å². The molecule has 0 aromatic heterocycles. The molecule has 0 aromatic rings. The molecule has 0 unspecified atom stereocenters. The van der Waals surface area contributed by atoms with Crippen LogP contribution in [0.25, 0.3) is 0 Å². The van der Waals surface area contributed by atoms with Gasteiger partial charge in [-0.05, 0) is 0 Å². The largest absolute Gasteiger partial charge is 4.00 e. The van der Waals surface area contributed by atoms with E-state index in [9.17, 15) is 0 Å². The van der Waals surface area contributed by atoms with Crippen molar-refractivity contribution in [3.05, 3.63) is 0 Å².